The molecule has 1 spiro atoms. The van der Waals surface area contributed by atoms with Gasteiger partial charge in [0.05, 0.1) is 30.2 Å². The van der Waals surface area contributed by atoms with Gasteiger partial charge in [0.1, 0.15) is 5.76 Å². The molecule has 5 saturated heterocycles. The topological polar surface area (TPSA) is 110 Å². The summed E-state index contributed by atoms with van der Waals surface area (Å²) in [7, 11) is 3.42. The summed E-state index contributed by atoms with van der Waals surface area (Å²) >= 11 is 0. The van der Waals surface area contributed by atoms with Crippen molar-refractivity contribution in [2.75, 3.05) is 27.2 Å². The maximum Gasteiger partial charge on any atom is 0.343 e. The second kappa shape index (κ2) is 5.50. The molecule has 0 aromatic rings. The summed E-state index contributed by atoms with van der Waals surface area (Å²) in [4.78, 5) is 16.6. The first-order valence-corrected chi connectivity index (χ1v) is 10.7. The van der Waals surface area contributed by atoms with Crippen molar-refractivity contribution < 1.29 is 23.7 Å². The van der Waals surface area contributed by atoms with E-state index in [1.807, 2.05) is 11.9 Å². The Morgan fingerprint density at radius 2 is 2.23 bits per heavy atom. The van der Waals surface area contributed by atoms with Crippen molar-refractivity contribution in [3.63, 3.8) is 0 Å². The van der Waals surface area contributed by atoms with Gasteiger partial charge in [0, 0.05) is 31.5 Å². The minimum absolute atomic E-state index is 0.0412. The van der Waals surface area contributed by atoms with E-state index in [0.717, 1.165) is 19.4 Å². The van der Waals surface area contributed by atoms with Crippen molar-refractivity contribution in [1.29, 1.82) is 5.41 Å². The van der Waals surface area contributed by atoms with Crippen molar-refractivity contribution in [2.45, 2.75) is 50.2 Å². The molecule has 30 heavy (non-hydrogen) atoms. The first-order chi connectivity index (χ1) is 14.3. The van der Waals surface area contributed by atoms with E-state index in [1.165, 1.54) is 0 Å². The highest BCUT2D eigenvalue weighted by atomic mass is 16.7. The van der Waals surface area contributed by atoms with Gasteiger partial charge in [-0.2, -0.15) is 0 Å². The first kappa shape index (κ1) is 18.5. The number of likely N-dealkylation sites (N-methyl/N-ethyl adjacent to an activating group) is 1. The average molecular weight is 416 g/mol. The van der Waals surface area contributed by atoms with Crippen LogP contribution in [0.15, 0.2) is 22.9 Å². The standard InChI is InChI=1S/C21H28N4O5/c1-9-14-11-7-13-20(8-24(3)19(22)23)12(5-6-25(11)20)21(14,29-13)30-16(9)17-15(27-4)10(2)18(26)28-17/h9,11-14H,5-8H2,1-4H3,(H3,22,23)/b17-16-/t9-,11-,12-,13-,14+,20-,21+/m0/s1. The number of nitrogens with zero attached hydrogens (tertiary/aromatic N) is 2. The van der Waals surface area contributed by atoms with Crippen LogP contribution >= 0.6 is 0 Å². The van der Waals surface area contributed by atoms with Crippen LogP contribution in [0.1, 0.15) is 26.7 Å². The van der Waals surface area contributed by atoms with Gasteiger partial charge in [0.15, 0.2) is 11.7 Å². The van der Waals surface area contributed by atoms with Crippen molar-refractivity contribution in [3.05, 3.63) is 22.9 Å². The van der Waals surface area contributed by atoms with Gasteiger partial charge >= 0.3 is 5.97 Å². The molecular formula is C21H28N4O5. The molecule has 9 heteroatoms. The molecule has 9 nitrogen and oxygen atoms in total. The molecule has 6 aliphatic heterocycles. The summed E-state index contributed by atoms with van der Waals surface area (Å²) in [6.45, 7) is 5.52. The van der Waals surface area contributed by atoms with Crippen LogP contribution in [0.2, 0.25) is 0 Å². The fraction of sp³-hybridized carbons (Fsp3) is 0.714. The molecular weight excluding hydrogens is 388 g/mol. The second-order valence-electron chi connectivity index (χ2n) is 9.56. The van der Waals surface area contributed by atoms with Crippen LogP contribution < -0.4 is 5.73 Å². The third kappa shape index (κ3) is 1.79. The Labute approximate surface area is 175 Å². The molecule has 6 aliphatic rings. The number of nitrogens with one attached hydrogen (secondary N) is 1. The number of guanidine groups is 1. The van der Waals surface area contributed by atoms with E-state index < -0.39 is 11.8 Å². The van der Waals surface area contributed by atoms with Crippen LogP contribution in [0.4, 0.5) is 0 Å². The molecule has 8 atom stereocenters. The van der Waals surface area contributed by atoms with Gasteiger partial charge in [0.2, 0.25) is 11.5 Å². The van der Waals surface area contributed by atoms with Crippen LogP contribution in [0.3, 0.4) is 0 Å². The summed E-state index contributed by atoms with van der Waals surface area (Å²) in [5, 5.41) is 7.87. The Hall–Kier alpha value is -2.26. The number of cyclic esters (lactones) is 1. The number of ether oxygens (including phenoxy) is 4. The lowest BCUT2D eigenvalue weighted by Crippen LogP contribution is -2.64. The van der Waals surface area contributed by atoms with Crippen LogP contribution in [-0.4, -0.2) is 72.4 Å². The van der Waals surface area contributed by atoms with E-state index in [2.05, 4.69) is 11.8 Å². The molecule has 0 radical (unpaired) electrons. The monoisotopic (exact) mass is 416 g/mol. The zero-order valence-corrected chi connectivity index (χ0v) is 17.7. The number of rotatable bonds is 3. The summed E-state index contributed by atoms with van der Waals surface area (Å²) in [6, 6.07) is 0.337. The summed E-state index contributed by atoms with van der Waals surface area (Å²) < 4.78 is 24.5. The maximum absolute atomic E-state index is 12.2. The van der Waals surface area contributed by atoms with Crippen LogP contribution in [0, 0.1) is 23.2 Å². The SMILES string of the molecule is COC1=C(C)C(=O)O/C1=C1\O[C@@]23O[C@H]4C[C@@H]([C@H]2[C@@H]1C)N1CC[C@H]3[C@@]41CN(C)C(=N)N. The van der Waals surface area contributed by atoms with Crippen molar-refractivity contribution in [1.82, 2.24) is 9.80 Å². The summed E-state index contributed by atoms with van der Waals surface area (Å²) in [6.07, 6.45) is 1.99. The van der Waals surface area contributed by atoms with E-state index in [-0.39, 0.29) is 35.4 Å². The first-order valence-electron chi connectivity index (χ1n) is 10.7. The molecule has 3 N–H and O–H groups in total. The molecule has 5 fully saturated rings. The molecule has 0 aromatic carbocycles. The molecule has 6 rings (SSSR count). The molecule has 0 amide bonds. The minimum atomic E-state index is -0.721. The highest BCUT2D eigenvalue weighted by molar-refractivity contribution is 5.93. The normalized spacial score (nSPS) is 49.5. The van der Waals surface area contributed by atoms with Gasteiger partial charge in [0.25, 0.3) is 0 Å². The predicted octanol–water partition coefficient (Wildman–Crippen LogP) is 0.725. The molecule has 0 aromatic heterocycles. The van der Waals surface area contributed by atoms with E-state index in [1.54, 1.807) is 14.0 Å². The number of hydrogen-bond acceptors (Lipinski definition) is 7. The maximum atomic E-state index is 12.2. The smallest absolute Gasteiger partial charge is 0.343 e. The Morgan fingerprint density at radius 3 is 2.93 bits per heavy atom. The van der Waals surface area contributed by atoms with Gasteiger partial charge in [-0.25, -0.2) is 4.79 Å². The van der Waals surface area contributed by atoms with Gasteiger partial charge in [-0.05, 0) is 26.3 Å². The summed E-state index contributed by atoms with van der Waals surface area (Å²) in [5.41, 5.74) is 6.05. The highest BCUT2D eigenvalue weighted by Crippen LogP contribution is 2.72. The van der Waals surface area contributed by atoms with E-state index in [9.17, 15) is 4.79 Å². The Balaban J connectivity index is 1.45. The summed E-state index contributed by atoms with van der Waals surface area (Å²) in [5.74, 6) is 0.859. The van der Waals surface area contributed by atoms with Gasteiger partial charge in [-0.1, -0.05) is 6.92 Å². The third-order valence-corrected chi connectivity index (χ3v) is 8.50. The number of methoxy groups -OCH3 is 1. The lowest BCUT2D eigenvalue weighted by Gasteiger charge is -2.49. The second-order valence-corrected chi connectivity index (χ2v) is 9.56. The molecule has 162 valence electrons. The Kier molecular flexibility index (Phi) is 3.39. The van der Waals surface area contributed by atoms with Crippen molar-refractivity contribution >= 4 is 11.9 Å². The van der Waals surface area contributed by atoms with Crippen LogP contribution in [0.5, 0.6) is 0 Å². The van der Waals surface area contributed by atoms with Crippen LogP contribution in [0.25, 0.3) is 0 Å². The number of allylic oxidation sites excluding steroid dienone is 1. The number of carbonyl (C=O) groups is 1. The molecule has 0 aliphatic carbocycles. The third-order valence-electron chi connectivity index (χ3n) is 8.50. The Morgan fingerprint density at radius 1 is 1.47 bits per heavy atom. The van der Waals surface area contributed by atoms with Gasteiger partial charge in [-0.15, -0.1) is 0 Å². The van der Waals surface area contributed by atoms with Crippen molar-refractivity contribution in [3.8, 4) is 0 Å². The van der Waals surface area contributed by atoms with E-state index in [0.29, 0.717) is 35.4 Å². The number of nitrogens with two attached hydrogens (primary N) is 1. The fourth-order valence-corrected chi connectivity index (χ4v) is 7.47. The van der Waals surface area contributed by atoms with E-state index in [4.69, 9.17) is 30.1 Å². The highest BCUT2D eigenvalue weighted by Gasteiger charge is 2.84. The van der Waals surface area contributed by atoms with Gasteiger partial charge < -0.3 is 29.6 Å². The molecule has 6 heterocycles. The number of fused-ring (bicyclic) bond motifs is 1. The minimum Gasteiger partial charge on any atom is -0.492 e. The van der Waals surface area contributed by atoms with Crippen LogP contribution in [-0.2, 0) is 23.7 Å². The largest absolute Gasteiger partial charge is 0.492 e. The number of piperidine rings is 1. The zero-order chi connectivity index (χ0) is 21.2. The number of esters is 1. The lowest BCUT2D eigenvalue weighted by molar-refractivity contribution is -0.256. The molecule has 5 bridgehead atoms. The zero-order valence-electron chi connectivity index (χ0n) is 17.7. The quantitative estimate of drug-likeness (QED) is 0.394. The van der Waals surface area contributed by atoms with Crippen molar-refractivity contribution in [2.24, 2.45) is 23.5 Å². The molecule has 0 saturated carbocycles. The van der Waals surface area contributed by atoms with Gasteiger partial charge in [-0.3, -0.25) is 10.3 Å². The lowest BCUT2D eigenvalue weighted by atomic mass is 9.70. The number of carbonyl (C=O) groups excluding carboxylic acids is 1. The predicted molar refractivity (Wildman–Crippen MR) is 105 cm³/mol. The average Bonchev–Trinajstić information content (AvgIpc) is 3.40. The number of hydrogen-bond donors (Lipinski definition) is 2. The van der Waals surface area contributed by atoms with E-state index >= 15 is 0 Å². The fourth-order valence-electron chi connectivity index (χ4n) is 7.47. The Bertz CT molecular complexity index is 946. The molecule has 1 unspecified atom stereocenters.